The van der Waals surface area contributed by atoms with Gasteiger partial charge >= 0.3 is 0 Å². The van der Waals surface area contributed by atoms with Gasteiger partial charge in [-0.05, 0) is 49.4 Å². The number of hydrogen-bond acceptors (Lipinski definition) is 4. The van der Waals surface area contributed by atoms with E-state index in [0.717, 1.165) is 11.4 Å². The van der Waals surface area contributed by atoms with Crippen LogP contribution in [0.4, 0.5) is 5.69 Å². The van der Waals surface area contributed by atoms with E-state index in [-0.39, 0.29) is 6.04 Å². The minimum Gasteiger partial charge on any atom is -0.456 e. The SMILES string of the molecule is CC1N=CC=C1Nc1ccc(Oc2cccc(C#N)c2)c(Cl)c1. The first kappa shape index (κ1) is 15.1. The topological polar surface area (TPSA) is 57.4 Å². The van der Waals surface area contributed by atoms with Gasteiger partial charge in [0.2, 0.25) is 0 Å². The van der Waals surface area contributed by atoms with Crippen molar-refractivity contribution < 1.29 is 4.74 Å². The minimum absolute atomic E-state index is 0.124. The Morgan fingerprint density at radius 1 is 1.26 bits per heavy atom. The Morgan fingerprint density at radius 3 is 2.83 bits per heavy atom. The molecule has 23 heavy (non-hydrogen) atoms. The Kier molecular flexibility index (Phi) is 4.31. The molecule has 0 bridgehead atoms. The van der Waals surface area contributed by atoms with E-state index in [0.29, 0.717) is 22.1 Å². The minimum atomic E-state index is 0.124. The van der Waals surface area contributed by atoms with Gasteiger partial charge in [0.05, 0.1) is 22.7 Å². The average Bonchev–Trinajstić information content (AvgIpc) is 2.95. The second-order valence-corrected chi connectivity index (χ2v) is 5.52. The summed E-state index contributed by atoms with van der Waals surface area (Å²) in [6, 6.07) is 14.6. The fraction of sp³-hybridized carbons (Fsp3) is 0.111. The zero-order valence-corrected chi connectivity index (χ0v) is 13.2. The van der Waals surface area contributed by atoms with Crippen LogP contribution in [0.5, 0.6) is 11.5 Å². The summed E-state index contributed by atoms with van der Waals surface area (Å²) in [6.07, 6.45) is 3.73. The molecule has 0 amide bonds. The van der Waals surface area contributed by atoms with Gasteiger partial charge in [0.25, 0.3) is 0 Å². The van der Waals surface area contributed by atoms with Crippen LogP contribution in [0, 0.1) is 11.3 Å². The Labute approximate surface area is 139 Å². The van der Waals surface area contributed by atoms with Gasteiger partial charge in [0.1, 0.15) is 11.5 Å². The number of nitrogens with zero attached hydrogens (tertiary/aromatic N) is 2. The standard InChI is InChI=1S/C18H14ClN3O/c1-12-17(7-8-21-12)22-14-5-6-18(16(19)10-14)23-15-4-2-3-13(9-15)11-20/h2-10,12,22H,1H3. The summed E-state index contributed by atoms with van der Waals surface area (Å²) in [7, 11) is 0. The molecule has 3 rings (SSSR count). The van der Waals surface area contributed by atoms with E-state index in [1.54, 1.807) is 42.6 Å². The van der Waals surface area contributed by atoms with Crippen molar-refractivity contribution in [2.45, 2.75) is 13.0 Å². The summed E-state index contributed by atoms with van der Waals surface area (Å²) in [5, 5.41) is 12.7. The normalized spacial score (nSPS) is 15.9. The van der Waals surface area contributed by atoms with Crippen LogP contribution >= 0.6 is 11.6 Å². The Balaban J connectivity index is 1.75. The van der Waals surface area contributed by atoms with Gasteiger partial charge in [0, 0.05) is 17.6 Å². The monoisotopic (exact) mass is 323 g/mol. The van der Waals surface area contributed by atoms with E-state index in [1.807, 2.05) is 19.1 Å². The molecule has 1 unspecified atom stereocenters. The number of rotatable bonds is 4. The van der Waals surface area contributed by atoms with Gasteiger partial charge in [-0.25, -0.2) is 0 Å². The molecule has 114 valence electrons. The zero-order valence-electron chi connectivity index (χ0n) is 12.5. The van der Waals surface area contributed by atoms with E-state index >= 15 is 0 Å². The van der Waals surface area contributed by atoms with Gasteiger partial charge < -0.3 is 10.1 Å². The molecule has 1 heterocycles. The lowest BCUT2D eigenvalue weighted by Crippen LogP contribution is -2.08. The van der Waals surface area contributed by atoms with E-state index in [2.05, 4.69) is 16.4 Å². The van der Waals surface area contributed by atoms with Crippen LogP contribution in [0.3, 0.4) is 0 Å². The van der Waals surface area contributed by atoms with Crippen LogP contribution in [0.1, 0.15) is 12.5 Å². The van der Waals surface area contributed by atoms with Gasteiger partial charge in [0.15, 0.2) is 0 Å². The number of hydrogen-bond donors (Lipinski definition) is 1. The number of anilines is 1. The summed E-state index contributed by atoms with van der Waals surface area (Å²) in [6.45, 7) is 2.02. The maximum Gasteiger partial charge on any atom is 0.146 e. The number of halogens is 1. The average molecular weight is 324 g/mol. The van der Waals surface area contributed by atoms with Crippen LogP contribution in [0.25, 0.3) is 0 Å². The van der Waals surface area contributed by atoms with Crippen LogP contribution in [0.2, 0.25) is 5.02 Å². The van der Waals surface area contributed by atoms with Crippen molar-refractivity contribution in [2.75, 3.05) is 5.32 Å². The molecule has 0 spiro atoms. The summed E-state index contributed by atoms with van der Waals surface area (Å²) in [5.74, 6) is 1.11. The third-order valence-electron chi connectivity index (χ3n) is 3.43. The van der Waals surface area contributed by atoms with Crippen molar-refractivity contribution in [3.05, 3.63) is 64.8 Å². The highest BCUT2D eigenvalue weighted by molar-refractivity contribution is 6.32. The molecular weight excluding hydrogens is 310 g/mol. The number of allylic oxidation sites excluding steroid dienone is 1. The van der Waals surface area contributed by atoms with E-state index in [1.165, 1.54) is 0 Å². The van der Waals surface area contributed by atoms with Gasteiger partial charge in [-0.3, -0.25) is 4.99 Å². The van der Waals surface area contributed by atoms with Crippen LogP contribution in [0.15, 0.2) is 59.2 Å². The summed E-state index contributed by atoms with van der Waals surface area (Å²) >= 11 is 6.29. The number of nitriles is 1. The van der Waals surface area contributed by atoms with Crippen molar-refractivity contribution in [1.29, 1.82) is 5.26 Å². The lowest BCUT2D eigenvalue weighted by Gasteiger charge is -2.13. The second kappa shape index (κ2) is 6.55. The predicted octanol–water partition coefficient (Wildman–Crippen LogP) is 4.77. The second-order valence-electron chi connectivity index (χ2n) is 5.11. The molecule has 0 saturated heterocycles. The molecule has 2 aromatic carbocycles. The third-order valence-corrected chi connectivity index (χ3v) is 3.72. The Hall–Kier alpha value is -2.77. The highest BCUT2D eigenvalue weighted by Gasteiger charge is 2.12. The summed E-state index contributed by atoms with van der Waals surface area (Å²) in [5.41, 5.74) is 2.44. The number of ether oxygens (including phenoxy) is 1. The lowest BCUT2D eigenvalue weighted by molar-refractivity contribution is 0.483. The van der Waals surface area contributed by atoms with Gasteiger partial charge in [-0.15, -0.1) is 0 Å². The van der Waals surface area contributed by atoms with Crippen molar-refractivity contribution in [3.8, 4) is 17.6 Å². The van der Waals surface area contributed by atoms with Crippen LogP contribution in [-0.2, 0) is 0 Å². The van der Waals surface area contributed by atoms with E-state index in [9.17, 15) is 0 Å². The molecule has 0 aliphatic carbocycles. The molecule has 0 radical (unpaired) electrons. The first-order valence-corrected chi connectivity index (χ1v) is 7.51. The maximum atomic E-state index is 8.92. The van der Waals surface area contributed by atoms with Gasteiger partial charge in [-0.2, -0.15) is 5.26 Å². The van der Waals surface area contributed by atoms with E-state index < -0.39 is 0 Å². The largest absolute Gasteiger partial charge is 0.456 e. The molecule has 4 nitrogen and oxygen atoms in total. The molecule has 1 N–H and O–H groups in total. The van der Waals surface area contributed by atoms with Crippen molar-refractivity contribution in [1.82, 2.24) is 0 Å². The molecule has 2 aromatic rings. The molecule has 1 aliphatic rings. The highest BCUT2D eigenvalue weighted by atomic mass is 35.5. The molecule has 1 aliphatic heterocycles. The highest BCUT2D eigenvalue weighted by Crippen LogP contribution is 2.32. The molecule has 0 aromatic heterocycles. The first-order chi connectivity index (χ1) is 11.2. The van der Waals surface area contributed by atoms with Crippen molar-refractivity contribution in [2.24, 2.45) is 4.99 Å². The molecule has 0 saturated carbocycles. The zero-order chi connectivity index (χ0) is 16.2. The molecule has 5 heteroatoms. The van der Waals surface area contributed by atoms with Crippen LogP contribution in [-0.4, -0.2) is 12.3 Å². The quantitative estimate of drug-likeness (QED) is 0.881. The fourth-order valence-electron chi connectivity index (χ4n) is 2.20. The maximum absolute atomic E-state index is 8.92. The predicted molar refractivity (Wildman–Crippen MR) is 92.3 cm³/mol. The van der Waals surface area contributed by atoms with E-state index in [4.69, 9.17) is 21.6 Å². The number of nitrogens with one attached hydrogen (secondary N) is 1. The first-order valence-electron chi connectivity index (χ1n) is 7.13. The third kappa shape index (κ3) is 3.53. The Bertz CT molecular complexity index is 836. The summed E-state index contributed by atoms with van der Waals surface area (Å²) in [4.78, 5) is 4.26. The van der Waals surface area contributed by atoms with Crippen LogP contribution < -0.4 is 10.1 Å². The summed E-state index contributed by atoms with van der Waals surface area (Å²) < 4.78 is 5.75. The number of benzene rings is 2. The smallest absolute Gasteiger partial charge is 0.146 e. The van der Waals surface area contributed by atoms with Crippen molar-refractivity contribution >= 4 is 23.5 Å². The lowest BCUT2D eigenvalue weighted by atomic mass is 10.2. The van der Waals surface area contributed by atoms with Crippen molar-refractivity contribution in [3.63, 3.8) is 0 Å². The molecule has 0 fully saturated rings. The van der Waals surface area contributed by atoms with Gasteiger partial charge in [-0.1, -0.05) is 17.7 Å². The Morgan fingerprint density at radius 2 is 2.13 bits per heavy atom. The fourth-order valence-corrected chi connectivity index (χ4v) is 2.42. The number of aliphatic imine (C=N–C) groups is 1. The molecular formula is C18H14ClN3O. The molecule has 1 atom stereocenters.